The standard InChI is InChI=1S/C26H31N3O8/c1-6-15(30)12-9-14(28(2)3)11-7-10-8-13-19(29(4)5)22(33)18(25(27)36)24(35)26(13,37)23(34)16(10)21(32)17(11)20(12)31/h9-10,13,19,31,33-34,37H,6-8H2,1-5H3,(H2,27,36)/t10?,13?,19-,26-/m0/s1. The smallest absolute Gasteiger partial charge is 0.255 e. The highest BCUT2D eigenvalue weighted by molar-refractivity contribution is 6.25. The minimum absolute atomic E-state index is 0.00493. The van der Waals surface area contributed by atoms with Gasteiger partial charge in [-0.15, -0.1) is 0 Å². The Balaban J connectivity index is 2.01. The van der Waals surface area contributed by atoms with Crippen LogP contribution in [0.5, 0.6) is 5.75 Å². The van der Waals surface area contributed by atoms with Crippen LogP contribution in [0.15, 0.2) is 28.7 Å². The largest absolute Gasteiger partial charge is 0.510 e. The SMILES string of the molecule is CCC(=O)c1cc(N(C)C)c2c(c1O)C(=O)C1=C(O)[C@]3(O)C(=O)C(C(N)=O)=C(O)[C@@H](N(C)C)C3CC1C2. The Morgan fingerprint density at radius 1 is 1.14 bits per heavy atom. The Bertz CT molecular complexity index is 1330. The number of phenolic OH excluding ortho intramolecular Hbond substituents is 1. The highest BCUT2D eigenvalue weighted by Crippen LogP contribution is 2.53. The number of nitrogens with zero attached hydrogens (tertiary/aromatic N) is 2. The van der Waals surface area contributed by atoms with Crippen molar-refractivity contribution in [2.45, 2.75) is 37.8 Å². The Morgan fingerprint density at radius 2 is 1.76 bits per heavy atom. The molecule has 3 aliphatic carbocycles. The summed E-state index contributed by atoms with van der Waals surface area (Å²) in [6.07, 6.45) is 0.225. The van der Waals surface area contributed by atoms with Gasteiger partial charge in [-0.05, 0) is 44.5 Å². The number of fused-ring (bicyclic) bond motifs is 3. The van der Waals surface area contributed by atoms with E-state index in [9.17, 15) is 39.6 Å². The number of rotatable bonds is 5. The molecule has 1 aromatic carbocycles. The van der Waals surface area contributed by atoms with E-state index in [0.717, 1.165) is 0 Å². The van der Waals surface area contributed by atoms with E-state index in [-0.39, 0.29) is 41.7 Å². The molecule has 0 saturated carbocycles. The molecule has 0 spiro atoms. The van der Waals surface area contributed by atoms with Gasteiger partial charge in [0.2, 0.25) is 5.78 Å². The van der Waals surface area contributed by atoms with Crippen LogP contribution in [0.25, 0.3) is 0 Å². The fraction of sp³-hybridized carbons (Fsp3) is 0.462. The lowest BCUT2D eigenvalue weighted by atomic mass is 9.58. The van der Waals surface area contributed by atoms with Crippen LogP contribution in [0.1, 0.15) is 46.0 Å². The number of hydrogen-bond donors (Lipinski definition) is 5. The van der Waals surface area contributed by atoms with Crippen LogP contribution in [0.3, 0.4) is 0 Å². The number of ketones is 3. The molecule has 0 fully saturated rings. The molecule has 1 aromatic rings. The number of Topliss-reactive ketones (excluding diaryl/α,β-unsaturated/α-hetero) is 3. The van der Waals surface area contributed by atoms with Gasteiger partial charge in [0.25, 0.3) is 5.91 Å². The number of aliphatic hydroxyl groups is 3. The first kappa shape index (κ1) is 26.4. The van der Waals surface area contributed by atoms with Gasteiger partial charge in [0, 0.05) is 37.7 Å². The normalized spacial score (nSPS) is 27.2. The Morgan fingerprint density at radius 3 is 2.27 bits per heavy atom. The summed E-state index contributed by atoms with van der Waals surface area (Å²) in [5.74, 6) is -7.66. The number of aliphatic hydroxyl groups excluding tert-OH is 2. The summed E-state index contributed by atoms with van der Waals surface area (Å²) in [7, 11) is 6.61. The molecule has 37 heavy (non-hydrogen) atoms. The minimum Gasteiger partial charge on any atom is -0.510 e. The fourth-order valence-corrected chi connectivity index (χ4v) is 6.10. The predicted octanol–water partition coefficient (Wildman–Crippen LogP) is 0.779. The summed E-state index contributed by atoms with van der Waals surface area (Å²) in [5.41, 5.74) is 2.30. The summed E-state index contributed by atoms with van der Waals surface area (Å²) < 4.78 is 0. The quantitative estimate of drug-likeness (QED) is 0.279. The van der Waals surface area contributed by atoms with Gasteiger partial charge in [-0.3, -0.25) is 24.1 Å². The molecule has 11 nitrogen and oxygen atoms in total. The number of primary amides is 1. The van der Waals surface area contributed by atoms with Crippen LogP contribution in [0, 0.1) is 11.8 Å². The molecule has 4 atom stereocenters. The maximum atomic E-state index is 13.8. The summed E-state index contributed by atoms with van der Waals surface area (Å²) >= 11 is 0. The van der Waals surface area contributed by atoms with Crippen molar-refractivity contribution in [1.82, 2.24) is 4.90 Å². The summed E-state index contributed by atoms with van der Waals surface area (Å²) in [6.45, 7) is 1.62. The molecule has 0 aromatic heterocycles. The van der Waals surface area contributed by atoms with Crippen LogP contribution in [-0.2, 0) is 16.0 Å². The minimum atomic E-state index is -2.71. The molecular weight excluding hydrogens is 482 g/mol. The molecule has 1 amide bonds. The second-order valence-corrected chi connectivity index (χ2v) is 10.3. The summed E-state index contributed by atoms with van der Waals surface area (Å²) in [6, 6.07) is 0.471. The number of phenols is 1. The van der Waals surface area contributed by atoms with Gasteiger partial charge >= 0.3 is 0 Å². The average Bonchev–Trinajstić information content (AvgIpc) is 2.80. The molecule has 0 bridgehead atoms. The van der Waals surface area contributed by atoms with E-state index in [1.165, 1.54) is 11.0 Å². The van der Waals surface area contributed by atoms with Crippen LogP contribution < -0.4 is 10.6 Å². The first-order valence-corrected chi connectivity index (χ1v) is 11.9. The molecule has 0 radical (unpaired) electrons. The third-order valence-corrected chi connectivity index (χ3v) is 7.80. The lowest BCUT2D eigenvalue weighted by molar-refractivity contribution is -0.148. The molecule has 0 saturated heterocycles. The maximum Gasteiger partial charge on any atom is 0.255 e. The van der Waals surface area contributed by atoms with Gasteiger partial charge in [0.1, 0.15) is 22.8 Å². The van der Waals surface area contributed by atoms with Gasteiger partial charge < -0.3 is 31.1 Å². The molecular formula is C26H31N3O8. The second-order valence-electron chi connectivity index (χ2n) is 10.3. The molecule has 11 heteroatoms. The zero-order valence-electron chi connectivity index (χ0n) is 21.3. The molecule has 2 unspecified atom stereocenters. The second kappa shape index (κ2) is 8.70. The third-order valence-electron chi connectivity index (χ3n) is 7.80. The number of likely N-dealkylation sites (N-methyl/N-ethyl adjacent to an activating group) is 1. The average molecular weight is 514 g/mol. The molecule has 4 rings (SSSR count). The molecule has 198 valence electrons. The number of nitrogens with two attached hydrogens (primary N) is 1. The van der Waals surface area contributed by atoms with Gasteiger partial charge in [0.05, 0.1) is 17.2 Å². The third kappa shape index (κ3) is 3.48. The molecule has 0 aliphatic heterocycles. The zero-order valence-corrected chi connectivity index (χ0v) is 21.3. The van der Waals surface area contributed by atoms with Crippen molar-refractivity contribution in [1.29, 1.82) is 0 Å². The van der Waals surface area contributed by atoms with E-state index < -0.39 is 63.8 Å². The van der Waals surface area contributed by atoms with Gasteiger partial charge in [-0.1, -0.05) is 6.92 Å². The van der Waals surface area contributed by atoms with Crippen LogP contribution in [0.4, 0.5) is 5.69 Å². The number of anilines is 1. The monoisotopic (exact) mass is 513 g/mol. The highest BCUT2D eigenvalue weighted by atomic mass is 16.3. The Labute approximate surface area is 213 Å². The van der Waals surface area contributed by atoms with Crippen LogP contribution in [0.2, 0.25) is 0 Å². The van der Waals surface area contributed by atoms with Crippen molar-refractivity contribution in [3.63, 3.8) is 0 Å². The number of aromatic hydroxyl groups is 1. The predicted molar refractivity (Wildman–Crippen MR) is 133 cm³/mol. The van der Waals surface area contributed by atoms with Crippen LogP contribution in [-0.4, -0.2) is 88.4 Å². The maximum absolute atomic E-state index is 13.8. The van der Waals surface area contributed by atoms with Crippen molar-refractivity contribution in [3.8, 4) is 5.75 Å². The molecule has 3 aliphatic rings. The van der Waals surface area contributed by atoms with E-state index in [4.69, 9.17) is 5.73 Å². The van der Waals surface area contributed by atoms with Gasteiger partial charge in [-0.2, -0.15) is 0 Å². The Kier molecular flexibility index (Phi) is 6.20. The number of benzene rings is 1. The molecule has 6 N–H and O–H groups in total. The lowest BCUT2D eigenvalue weighted by Gasteiger charge is -2.50. The van der Waals surface area contributed by atoms with Gasteiger partial charge in [0.15, 0.2) is 17.2 Å². The summed E-state index contributed by atoms with van der Waals surface area (Å²) in [5, 5.41) is 44.8. The van der Waals surface area contributed by atoms with E-state index in [1.807, 2.05) is 0 Å². The summed E-state index contributed by atoms with van der Waals surface area (Å²) in [4.78, 5) is 55.0. The van der Waals surface area contributed by atoms with E-state index in [1.54, 1.807) is 40.0 Å². The fourth-order valence-electron chi connectivity index (χ4n) is 6.10. The number of carbonyl (C=O) groups is 4. The molecule has 0 heterocycles. The number of allylic oxidation sites excluding steroid dienone is 1. The van der Waals surface area contributed by atoms with Crippen molar-refractivity contribution >= 4 is 28.9 Å². The van der Waals surface area contributed by atoms with Crippen molar-refractivity contribution in [2.75, 3.05) is 33.1 Å². The number of amides is 1. The van der Waals surface area contributed by atoms with Crippen molar-refractivity contribution in [3.05, 3.63) is 45.4 Å². The zero-order chi connectivity index (χ0) is 27.7. The number of carbonyl (C=O) groups excluding carboxylic acids is 4. The number of hydrogen-bond acceptors (Lipinski definition) is 10. The van der Waals surface area contributed by atoms with E-state index in [2.05, 4.69) is 0 Å². The van der Waals surface area contributed by atoms with Crippen molar-refractivity contribution < 1.29 is 39.6 Å². The van der Waals surface area contributed by atoms with Crippen LogP contribution >= 0.6 is 0 Å². The Hall–Kier alpha value is -3.70. The lowest BCUT2D eigenvalue weighted by Crippen LogP contribution is -2.63. The van der Waals surface area contributed by atoms with Gasteiger partial charge in [-0.25, -0.2) is 0 Å². The van der Waals surface area contributed by atoms with E-state index in [0.29, 0.717) is 11.3 Å². The highest BCUT2D eigenvalue weighted by Gasteiger charge is 2.63. The first-order chi connectivity index (χ1) is 17.2. The first-order valence-electron chi connectivity index (χ1n) is 11.9. The topological polar surface area (TPSA) is 182 Å². The van der Waals surface area contributed by atoms with Crippen molar-refractivity contribution in [2.24, 2.45) is 17.6 Å². The van der Waals surface area contributed by atoms with E-state index >= 15 is 0 Å².